The first kappa shape index (κ1) is 11.7. The van der Waals surface area contributed by atoms with Gasteiger partial charge in [0.05, 0.1) is 17.3 Å². The second-order valence-corrected chi connectivity index (χ2v) is 4.11. The van der Waals surface area contributed by atoms with E-state index < -0.39 is 0 Å². The molecule has 6 heteroatoms. The lowest BCUT2D eigenvalue weighted by molar-refractivity contribution is 0.413. The SMILES string of the molecule is COc1ccc(Oc2ncc(Br)cn2)cc1N. The first-order chi connectivity index (χ1) is 8.19. The molecule has 1 heterocycles. The van der Waals surface area contributed by atoms with E-state index in [0.29, 0.717) is 17.2 Å². The van der Waals surface area contributed by atoms with E-state index >= 15 is 0 Å². The van der Waals surface area contributed by atoms with Crippen LogP contribution in [0, 0.1) is 0 Å². The van der Waals surface area contributed by atoms with Crippen LogP contribution >= 0.6 is 15.9 Å². The van der Waals surface area contributed by atoms with Gasteiger partial charge in [-0.15, -0.1) is 0 Å². The number of hydrogen-bond acceptors (Lipinski definition) is 5. The molecule has 0 atom stereocenters. The minimum atomic E-state index is 0.262. The Hall–Kier alpha value is -1.82. The number of aromatic nitrogens is 2. The summed E-state index contributed by atoms with van der Waals surface area (Å²) in [7, 11) is 1.56. The Balaban J connectivity index is 2.19. The van der Waals surface area contributed by atoms with Gasteiger partial charge in [-0.1, -0.05) is 0 Å². The highest BCUT2D eigenvalue weighted by Crippen LogP contribution is 2.28. The molecule has 2 N–H and O–H groups in total. The third-order valence-corrected chi connectivity index (χ3v) is 2.42. The van der Waals surface area contributed by atoms with E-state index in [1.165, 1.54) is 0 Å². The Morgan fingerprint density at radius 2 is 1.94 bits per heavy atom. The van der Waals surface area contributed by atoms with Crippen LogP contribution in [0.1, 0.15) is 0 Å². The maximum Gasteiger partial charge on any atom is 0.321 e. The minimum Gasteiger partial charge on any atom is -0.495 e. The summed E-state index contributed by atoms with van der Waals surface area (Å²) in [6.07, 6.45) is 3.21. The summed E-state index contributed by atoms with van der Waals surface area (Å²) in [5, 5.41) is 0. The Labute approximate surface area is 107 Å². The maximum absolute atomic E-state index is 5.76. The summed E-state index contributed by atoms with van der Waals surface area (Å²) >= 11 is 3.24. The molecular formula is C11H10BrN3O2. The summed E-state index contributed by atoms with van der Waals surface area (Å²) in [6.45, 7) is 0. The van der Waals surface area contributed by atoms with Crippen LogP contribution in [0.15, 0.2) is 35.1 Å². The number of rotatable bonds is 3. The fourth-order valence-electron chi connectivity index (χ4n) is 1.23. The number of nitrogens with two attached hydrogens (primary N) is 1. The van der Waals surface area contributed by atoms with Crippen molar-refractivity contribution < 1.29 is 9.47 Å². The fourth-order valence-corrected chi connectivity index (χ4v) is 1.44. The molecule has 0 aliphatic carbocycles. The highest BCUT2D eigenvalue weighted by Gasteiger charge is 2.04. The van der Waals surface area contributed by atoms with Gasteiger partial charge in [-0.2, -0.15) is 0 Å². The van der Waals surface area contributed by atoms with E-state index in [-0.39, 0.29) is 6.01 Å². The van der Waals surface area contributed by atoms with E-state index in [0.717, 1.165) is 4.47 Å². The normalized spacial score (nSPS) is 10.0. The van der Waals surface area contributed by atoms with Crippen LogP contribution in [0.2, 0.25) is 0 Å². The van der Waals surface area contributed by atoms with E-state index in [2.05, 4.69) is 25.9 Å². The molecule has 0 saturated heterocycles. The monoisotopic (exact) mass is 295 g/mol. The van der Waals surface area contributed by atoms with Gasteiger partial charge in [0.15, 0.2) is 0 Å². The van der Waals surface area contributed by atoms with Gasteiger partial charge >= 0.3 is 6.01 Å². The average molecular weight is 296 g/mol. The van der Waals surface area contributed by atoms with Crippen LogP contribution in [0.25, 0.3) is 0 Å². The summed E-state index contributed by atoms with van der Waals surface area (Å²) in [4.78, 5) is 7.99. The van der Waals surface area contributed by atoms with Crippen molar-refractivity contribution in [2.24, 2.45) is 0 Å². The lowest BCUT2D eigenvalue weighted by Gasteiger charge is -2.07. The molecule has 1 aromatic carbocycles. The number of ether oxygens (including phenoxy) is 2. The molecule has 0 spiro atoms. The summed E-state index contributed by atoms with van der Waals surface area (Å²) < 4.78 is 11.3. The van der Waals surface area contributed by atoms with Gasteiger partial charge in [-0.25, -0.2) is 9.97 Å². The highest BCUT2D eigenvalue weighted by molar-refractivity contribution is 9.10. The Morgan fingerprint density at radius 1 is 1.24 bits per heavy atom. The first-order valence-electron chi connectivity index (χ1n) is 4.78. The molecule has 0 radical (unpaired) electrons. The summed E-state index contributed by atoms with van der Waals surface area (Å²) in [5.74, 6) is 1.17. The van der Waals surface area contributed by atoms with Crippen molar-refractivity contribution >= 4 is 21.6 Å². The Bertz CT molecular complexity index is 517. The predicted molar refractivity (Wildman–Crippen MR) is 67.2 cm³/mol. The van der Waals surface area contributed by atoms with Crippen molar-refractivity contribution in [1.29, 1.82) is 0 Å². The molecule has 0 aliphatic rings. The maximum atomic E-state index is 5.76. The second kappa shape index (κ2) is 5.01. The van der Waals surface area contributed by atoms with Crippen LogP contribution in [0.4, 0.5) is 5.69 Å². The number of halogens is 1. The molecule has 17 heavy (non-hydrogen) atoms. The van der Waals surface area contributed by atoms with Crippen LogP contribution in [0.3, 0.4) is 0 Å². The lowest BCUT2D eigenvalue weighted by Crippen LogP contribution is -1.95. The van der Waals surface area contributed by atoms with E-state index in [1.807, 2.05) is 0 Å². The quantitative estimate of drug-likeness (QED) is 0.882. The molecule has 5 nitrogen and oxygen atoms in total. The zero-order chi connectivity index (χ0) is 12.3. The summed E-state index contributed by atoms with van der Waals surface area (Å²) in [5.41, 5.74) is 6.26. The topological polar surface area (TPSA) is 70.3 Å². The van der Waals surface area contributed by atoms with Crippen LogP contribution in [-0.2, 0) is 0 Å². The zero-order valence-corrected chi connectivity index (χ0v) is 10.6. The number of anilines is 1. The number of nitrogens with zero attached hydrogens (tertiary/aromatic N) is 2. The van der Waals surface area contributed by atoms with Gasteiger partial charge in [0.2, 0.25) is 0 Å². The number of hydrogen-bond donors (Lipinski definition) is 1. The van der Waals surface area contributed by atoms with Crippen molar-refractivity contribution in [3.8, 4) is 17.5 Å². The van der Waals surface area contributed by atoms with Gasteiger partial charge in [-0.05, 0) is 28.1 Å². The molecule has 1 aromatic heterocycles. The molecule has 0 amide bonds. The predicted octanol–water partition coefficient (Wildman–Crippen LogP) is 2.62. The van der Waals surface area contributed by atoms with Crippen molar-refractivity contribution in [3.05, 3.63) is 35.1 Å². The van der Waals surface area contributed by atoms with Gasteiger partial charge in [0.1, 0.15) is 11.5 Å². The molecule has 0 bridgehead atoms. The van der Waals surface area contributed by atoms with Crippen molar-refractivity contribution in [2.45, 2.75) is 0 Å². The van der Waals surface area contributed by atoms with Crippen LogP contribution in [-0.4, -0.2) is 17.1 Å². The third-order valence-electron chi connectivity index (χ3n) is 2.01. The van der Waals surface area contributed by atoms with E-state index in [4.69, 9.17) is 15.2 Å². The van der Waals surface area contributed by atoms with E-state index in [9.17, 15) is 0 Å². The first-order valence-corrected chi connectivity index (χ1v) is 5.57. The third kappa shape index (κ3) is 2.85. The highest BCUT2D eigenvalue weighted by atomic mass is 79.9. The van der Waals surface area contributed by atoms with Gasteiger partial charge in [0.25, 0.3) is 0 Å². The molecular weight excluding hydrogens is 286 g/mol. The van der Waals surface area contributed by atoms with Crippen molar-refractivity contribution in [3.63, 3.8) is 0 Å². The smallest absolute Gasteiger partial charge is 0.321 e. The minimum absolute atomic E-state index is 0.262. The van der Waals surface area contributed by atoms with Crippen molar-refractivity contribution in [1.82, 2.24) is 9.97 Å². The molecule has 2 rings (SSSR count). The Kier molecular flexibility index (Phi) is 3.43. The lowest BCUT2D eigenvalue weighted by atomic mass is 10.3. The number of methoxy groups -OCH3 is 1. The van der Waals surface area contributed by atoms with Gasteiger partial charge in [0, 0.05) is 18.5 Å². The molecule has 0 unspecified atom stereocenters. The van der Waals surface area contributed by atoms with Gasteiger partial charge in [-0.3, -0.25) is 0 Å². The average Bonchev–Trinajstić information content (AvgIpc) is 2.32. The van der Waals surface area contributed by atoms with Crippen molar-refractivity contribution in [2.75, 3.05) is 12.8 Å². The Morgan fingerprint density at radius 3 is 2.53 bits per heavy atom. The number of nitrogen functional groups attached to an aromatic ring is 1. The molecule has 0 aliphatic heterocycles. The molecule has 0 saturated carbocycles. The van der Waals surface area contributed by atoms with E-state index in [1.54, 1.807) is 37.7 Å². The molecule has 88 valence electrons. The van der Waals surface area contributed by atoms with Gasteiger partial charge < -0.3 is 15.2 Å². The largest absolute Gasteiger partial charge is 0.495 e. The summed E-state index contributed by atoms with van der Waals surface area (Å²) in [6, 6.07) is 5.38. The van der Waals surface area contributed by atoms with Crippen LogP contribution < -0.4 is 15.2 Å². The zero-order valence-electron chi connectivity index (χ0n) is 9.05. The standard InChI is InChI=1S/C11H10BrN3O2/c1-16-10-3-2-8(4-9(10)13)17-11-14-5-7(12)6-15-11/h2-6H,13H2,1H3. The molecule has 0 fully saturated rings. The fraction of sp³-hybridized carbons (Fsp3) is 0.0909. The van der Waals surface area contributed by atoms with Crippen LogP contribution in [0.5, 0.6) is 17.5 Å². The number of benzene rings is 1. The molecule has 2 aromatic rings. The second-order valence-electron chi connectivity index (χ2n) is 3.19.